The van der Waals surface area contributed by atoms with Crippen LogP contribution in [0.3, 0.4) is 0 Å². The first-order chi connectivity index (χ1) is 10.0. The molecule has 7 heteroatoms. The molecule has 1 aromatic rings. The number of piperazine rings is 1. The van der Waals surface area contributed by atoms with Crippen molar-refractivity contribution in [2.75, 3.05) is 19.6 Å². The van der Waals surface area contributed by atoms with Crippen LogP contribution in [0, 0.1) is 11.3 Å². The van der Waals surface area contributed by atoms with E-state index in [0.717, 1.165) is 0 Å². The molecule has 2 aliphatic heterocycles. The van der Waals surface area contributed by atoms with Gasteiger partial charge in [0.1, 0.15) is 6.07 Å². The second kappa shape index (κ2) is 5.13. The van der Waals surface area contributed by atoms with E-state index in [0.29, 0.717) is 25.9 Å². The lowest BCUT2D eigenvalue weighted by Crippen LogP contribution is -2.53. The topological polar surface area (TPSA) is 81.5 Å². The molecule has 0 saturated carbocycles. The van der Waals surface area contributed by atoms with Gasteiger partial charge in [0.2, 0.25) is 15.9 Å². The predicted molar refractivity (Wildman–Crippen MR) is 74.7 cm³/mol. The van der Waals surface area contributed by atoms with E-state index in [4.69, 9.17) is 5.26 Å². The van der Waals surface area contributed by atoms with E-state index in [9.17, 15) is 13.2 Å². The number of rotatable bonds is 2. The molecule has 2 heterocycles. The lowest BCUT2D eigenvalue weighted by Gasteiger charge is -2.36. The van der Waals surface area contributed by atoms with Crippen LogP contribution in [-0.2, 0) is 14.8 Å². The minimum atomic E-state index is -3.69. The van der Waals surface area contributed by atoms with Crippen molar-refractivity contribution in [3.05, 3.63) is 29.8 Å². The van der Waals surface area contributed by atoms with Gasteiger partial charge in [0.15, 0.2) is 0 Å². The molecule has 1 atom stereocenters. The number of amides is 1. The van der Waals surface area contributed by atoms with Gasteiger partial charge in [-0.2, -0.15) is 9.57 Å². The number of carbonyl (C=O) groups is 1. The van der Waals surface area contributed by atoms with E-state index in [-0.39, 0.29) is 29.0 Å². The third-order valence-corrected chi connectivity index (χ3v) is 6.01. The molecule has 1 unspecified atom stereocenters. The Hall–Kier alpha value is -1.91. The number of nitriles is 1. The van der Waals surface area contributed by atoms with Gasteiger partial charge in [0, 0.05) is 32.1 Å². The van der Waals surface area contributed by atoms with Crippen LogP contribution in [0.1, 0.15) is 18.4 Å². The van der Waals surface area contributed by atoms with Crippen LogP contribution in [0.2, 0.25) is 0 Å². The van der Waals surface area contributed by atoms with Crippen molar-refractivity contribution in [2.24, 2.45) is 0 Å². The monoisotopic (exact) mass is 305 g/mol. The fourth-order valence-electron chi connectivity index (χ4n) is 2.98. The molecule has 6 nitrogen and oxygen atoms in total. The maximum absolute atomic E-state index is 12.7. The lowest BCUT2D eigenvalue weighted by atomic mass is 10.2. The van der Waals surface area contributed by atoms with Crippen molar-refractivity contribution in [2.45, 2.75) is 23.8 Å². The molecule has 2 saturated heterocycles. The smallest absolute Gasteiger partial charge is 0.244 e. The van der Waals surface area contributed by atoms with E-state index < -0.39 is 10.0 Å². The Balaban J connectivity index is 1.90. The lowest BCUT2D eigenvalue weighted by molar-refractivity contribution is -0.130. The Morgan fingerprint density at radius 1 is 1.24 bits per heavy atom. The molecule has 21 heavy (non-hydrogen) atoms. The first kappa shape index (κ1) is 14.0. The molecule has 0 aliphatic carbocycles. The third-order valence-electron chi connectivity index (χ3n) is 4.08. The number of hydrogen-bond acceptors (Lipinski definition) is 4. The highest BCUT2D eigenvalue weighted by atomic mass is 32.2. The Kier molecular flexibility index (Phi) is 3.43. The molecule has 2 fully saturated rings. The van der Waals surface area contributed by atoms with Crippen LogP contribution in [0.25, 0.3) is 0 Å². The number of fused-ring (bicyclic) bond motifs is 1. The Bertz CT molecular complexity index is 723. The molecule has 0 radical (unpaired) electrons. The second-order valence-electron chi connectivity index (χ2n) is 5.25. The standard InChI is InChI=1S/C14H15N3O3S/c15-9-11-3-1-2-4-13(11)21(19,20)16-7-8-17-12(10-16)5-6-14(17)18/h1-4,12H,5-8,10H2. The zero-order valence-electron chi connectivity index (χ0n) is 11.4. The van der Waals surface area contributed by atoms with Crippen molar-refractivity contribution >= 4 is 15.9 Å². The summed E-state index contributed by atoms with van der Waals surface area (Å²) in [7, 11) is -3.69. The fourth-order valence-corrected chi connectivity index (χ4v) is 4.59. The largest absolute Gasteiger partial charge is 0.337 e. The Labute approximate surface area is 123 Å². The van der Waals surface area contributed by atoms with E-state index >= 15 is 0 Å². The van der Waals surface area contributed by atoms with Crippen LogP contribution >= 0.6 is 0 Å². The number of benzene rings is 1. The van der Waals surface area contributed by atoms with Gasteiger partial charge in [-0.25, -0.2) is 8.42 Å². The zero-order valence-corrected chi connectivity index (χ0v) is 12.2. The highest BCUT2D eigenvalue weighted by Gasteiger charge is 2.40. The SMILES string of the molecule is N#Cc1ccccc1S(=O)(=O)N1CCN2C(=O)CCC2C1. The number of hydrogen-bond donors (Lipinski definition) is 0. The van der Waals surface area contributed by atoms with E-state index in [1.54, 1.807) is 17.0 Å². The molecular weight excluding hydrogens is 290 g/mol. The van der Waals surface area contributed by atoms with Crippen molar-refractivity contribution in [3.8, 4) is 6.07 Å². The van der Waals surface area contributed by atoms with Crippen molar-refractivity contribution in [1.82, 2.24) is 9.21 Å². The van der Waals surface area contributed by atoms with E-state index in [1.165, 1.54) is 16.4 Å². The molecule has 0 aromatic heterocycles. The number of nitrogens with zero attached hydrogens (tertiary/aromatic N) is 3. The molecule has 110 valence electrons. The second-order valence-corrected chi connectivity index (χ2v) is 7.16. The van der Waals surface area contributed by atoms with Crippen molar-refractivity contribution in [3.63, 3.8) is 0 Å². The third kappa shape index (κ3) is 2.30. The highest BCUT2D eigenvalue weighted by molar-refractivity contribution is 7.89. The van der Waals surface area contributed by atoms with Crippen LogP contribution in [0.5, 0.6) is 0 Å². The minimum absolute atomic E-state index is 0.0322. The van der Waals surface area contributed by atoms with Gasteiger partial charge in [0.05, 0.1) is 10.5 Å². The summed E-state index contributed by atoms with van der Waals surface area (Å²) < 4.78 is 26.8. The molecule has 0 N–H and O–H groups in total. The van der Waals surface area contributed by atoms with Gasteiger partial charge in [0.25, 0.3) is 0 Å². The summed E-state index contributed by atoms with van der Waals surface area (Å²) in [6.07, 6.45) is 1.19. The molecule has 1 amide bonds. The average Bonchev–Trinajstić information content (AvgIpc) is 2.88. The summed E-state index contributed by atoms with van der Waals surface area (Å²) in [4.78, 5) is 13.5. The molecule has 3 rings (SSSR count). The van der Waals surface area contributed by atoms with Crippen molar-refractivity contribution in [1.29, 1.82) is 5.26 Å². The minimum Gasteiger partial charge on any atom is -0.337 e. The Morgan fingerprint density at radius 3 is 2.76 bits per heavy atom. The van der Waals surface area contributed by atoms with Gasteiger partial charge in [-0.3, -0.25) is 4.79 Å². The van der Waals surface area contributed by atoms with Gasteiger partial charge < -0.3 is 4.90 Å². The quantitative estimate of drug-likeness (QED) is 0.799. The van der Waals surface area contributed by atoms with Gasteiger partial charge >= 0.3 is 0 Å². The number of sulfonamides is 1. The Morgan fingerprint density at radius 2 is 2.00 bits per heavy atom. The maximum atomic E-state index is 12.7. The van der Waals surface area contributed by atoms with Gasteiger partial charge in [-0.1, -0.05) is 12.1 Å². The predicted octanol–water partition coefficient (Wildman–Crippen LogP) is 0.554. The molecule has 0 bridgehead atoms. The summed E-state index contributed by atoms with van der Waals surface area (Å²) in [6, 6.07) is 8.11. The van der Waals surface area contributed by atoms with Gasteiger partial charge in [-0.05, 0) is 18.6 Å². The summed E-state index contributed by atoms with van der Waals surface area (Å²) >= 11 is 0. The summed E-state index contributed by atoms with van der Waals surface area (Å²) in [6.45, 7) is 1.02. The van der Waals surface area contributed by atoms with Crippen LogP contribution in [0.4, 0.5) is 0 Å². The van der Waals surface area contributed by atoms with Crippen molar-refractivity contribution < 1.29 is 13.2 Å². The van der Waals surface area contributed by atoms with Gasteiger partial charge in [-0.15, -0.1) is 0 Å². The molecule has 1 aromatic carbocycles. The first-order valence-corrected chi connectivity index (χ1v) is 8.27. The summed E-state index contributed by atoms with van der Waals surface area (Å²) in [5.74, 6) is 0.106. The summed E-state index contributed by atoms with van der Waals surface area (Å²) in [5, 5.41) is 9.08. The fraction of sp³-hybridized carbons (Fsp3) is 0.429. The highest BCUT2D eigenvalue weighted by Crippen LogP contribution is 2.27. The maximum Gasteiger partial charge on any atom is 0.244 e. The summed E-state index contributed by atoms with van der Waals surface area (Å²) in [5.41, 5.74) is 0.155. The number of carbonyl (C=O) groups excluding carboxylic acids is 1. The van der Waals surface area contributed by atoms with Crippen LogP contribution < -0.4 is 0 Å². The molecule has 0 spiro atoms. The average molecular weight is 305 g/mol. The first-order valence-electron chi connectivity index (χ1n) is 6.83. The van der Waals surface area contributed by atoms with Crippen LogP contribution in [0.15, 0.2) is 29.2 Å². The molecule has 2 aliphatic rings. The normalized spacial score (nSPS) is 22.9. The van der Waals surface area contributed by atoms with E-state index in [2.05, 4.69) is 0 Å². The molecular formula is C14H15N3O3S. The van der Waals surface area contributed by atoms with E-state index in [1.807, 2.05) is 6.07 Å². The zero-order chi connectivity index (χ0) is 15.0. The van der Waals surface area contributed by atoms with Crippen LogP contribution in [-0.4, -0.2) is 49.2 Å².